The van der Waals surface area contributed by atoms with E-state index in [4.69, 9.17) is 4.74 Å². The third kappa shape index (κ3) is 4.51. The molecule has 5 heteroatoms. The molecule has 1 fully saturated rings. The molecule has 1 aliphatic rings. The van der Waals surface area contributed by atoms with Gasteiger partial charge in [-0.1, -0.05) is 6.07 Å². The van der Waals surface area contributed by atoms with E-state index in [0.717, 1.165) is 25.4 Å². The van der Waals surface area contributed by atoms with E-state index in [9.17, 15) is 8.42 Å². The van der Waals surface area contributed by atoms with E-state index in [1.165, 1.54) is 19.1 Å². The van der Waals surface area contributed by atoms with Crippen molar-refractivity contribution < 1.29 is 13.2 Å². The first-order valence-electron chi connectivity index (χ1n) is 6.69. The van der Waals surface area contributed by atoms with Crippen molar-refractivity contribution in [2.75, 3.05) is 26.0 Å². The van der Waals surface area contributed by atoms with Crippen molar-refractivity contribution in [2.45, 2.75) is 24.2 Å². The van der Waals surface area contributed by atoms with Crippen molar-refractivity contribution in [3.63, 3.8) is 0 Å². The van der Waals surface area contributed by atoms with Crippen LogP contribution in [-0.4, -0.2) is 34.4 Å². The summed E-state index contributed by atoms with van der Waals surface area (Å²) in [5.74, 6) is 1.36. The van der Waals surface area contributed by atoms with Crippen LogP contribution in [0.4, 0.5) is 0 Å². The molecular weight excluding hydrogens is 262 g/mol. The van der Waals surface area contributed by atoms with Crippen LogP contribution in [0.3, 0.4) is 0 Å². The van der Waals surface area contributed by atoms with Crippen LogP contribution in [0.1, 0.15) is 19.3 Å². The summed E-state index contributed by atoms with van der Waals surface area (Å²) in [4.78, 5) is 0.312. The normalized spacial score (nSPS) is 17.3. The van der Waals surface area contributed by atoms with Gasteiger partial charge < -0.3 is 10.1 Å². The molecule has 0 aromatic heterocycles. The van der Waals surface area contributed by atoms with E-state index >= 15 is 0 Å². The Balaban J connectivity index is 1.85. The fourth-order valence-electron chi connectivity index (χ4n) is 2.31. The highest BCUT2D eigenvalue weighted by molar-refractivity contribution is 7.90. The molecule has 0 spiro atoms. The number of benzene rings is 1. The average molecular weight is 283 g/mol. The van der Waals surface area contributed by atoms with Gasteiger partial charge in [-0.2, -0.15) is 0 Å². The maximum absolute atomic E-state index is 11.4. The Hall–Kier alpha value is -1.07. The van der Waals surface area contributed by atoms with Crippen molar-refractivity contribution >= 4 is 9.84 Å². The Morgan fingerprint density at radius 2 is 2.05 bits per heavy atom. The van der Waals surface area contributed by atoms with Crippen molar-refractivity contribution in [2.24, 2.45) is 5.92 Å². The molecular formula is C14H21NO3S. The smallest absolute Gasteiger partial charge is 0.175 e. The van der Waals surface area contributed by atoms with Gasteiger partial charge in [-0.05, 0) is 56.5 Å². The second-order valence-corrected chi connectivity index (χ2v) is 7.09. The van der Waals surface area contributed by atoms with E-state index in [-0.39, 0.29) is 0 Å². The number of ether oxygens (including phenoxy) is 1. The van der Waals surface area contributed by atoms with Crippen LogP contribution in [0.5, 0.6) is 5.75 Å². The molecule has 106 valence electrons. The lowest BCUT2D eigenvalue weighted by Gasteiger charge is -2.22. The van der Waals surface area contributed by atoms with Crippen LogP contribution in [0.2, 0.25) is 0 Å². The molecule has 0 bridgehead atoms. The van der Waals surface area contributed by atoms with Crippen LogP contribution in [0.15, 0.2) is 29.2 Å². The van der Waals surface area contributed by atoms with Crippen molar-refractivity contribution in [1.82, 2.24) is 5.32 Å². The average Bonchev–Trinajstić information content (AvgIpc) is 2.39. The first-order chi connectivity index (χ1) is 9.05. The molecule has 0 unspecified atom stereocenters. The van der Waals surface area contributed by atoms with Crippen molar-refractivity contribution in [3.05, 3.63) is 24.3 Å². The molecule has 0 amide bonds. The molecule has 1 heterocycles. The highest BCUT2D eigenvalue weighted by atomic mass is 32.2. The maximum Gasteiger partial charge on any atom is 0.175 e. The minimum atomic E-state index is -3.16. The van der Waals surface area contributed by atoms with Crippen LogP contribution in [0.25, 0.3) is 0 Å². The molecule has 19 heavy (non-hydrogen) atoms. The van der Waals surface area contributed by atoms with Crippen LogP contribution in [-0.2, 0) is 9.84 Å². The zero-order valence-corrected chi connectivity index (χ0v) is 12.1. The summed E-state index contributed by atoms with van der Waals surface area (Å²) in [5, 5.41) is 3.34. The Kier molecular flexibility index (Phi) is 4.82. The van der Waals surface area contributed by atoms with E-state index in [0.29, 0.717) is 17.3 Å². The molecule has 0 saturated carbocycles. The first kappa shape index (κ1) is 14.3. The Morgan fingerprint density at radius 1 is 1.32 bits per heavy atom. The zero-order chi connectivity index (χ0) is 13.7. The molecule has 0 aliphatic carbocycles. The Bertz CT molecular complexity index is 507. The molecule has 0 atom stereocenters. The van der Waals surface area contributed by atoms with Gasteiger partial charge in [-0.25, -0.2) is 8.42 Å². The van der Waals surface area contributed by atoms with Gasteiger partial charge in [0.2, 0.25) is 0 Å². The quantitative estimate of drug-likeness (QED) is 0.896. The number of nitrogens with one attached hydrogen (secondary N) is 1. The molecule has 0 radical (unpaired) electrons. The molecule has 4 nitrogen and oxygen atoms in total. The summed E-state index contributed by atoms with van der Waals surface area (Å²) >= 11 is 0. The third-order valence-corrected chi connectivity index (χ3v) is 4.60. The Labute approximate surface area is 115 Å². The number of sulfone groups is 1. The summed E-state index contributed by atoms with van der Waals surface area (Å²) in [6.07, 6.45) is 4.64. The molecule has 1 aliphatic heterocycles. The molecule has 1 aromatic rings. The van der Waals surface area contributed by atoms with Gasteiger partial charge in [0.15, 0.2) is 9.84 Å². The molecule has 2 rings (SSSR count). The second kappa shape index (κ2) is 6.39. The highest BCUT2D eigenvalue weighted by Crippen LogP contribution is 2.20. The number of rotatable bonds is 5. The lowest BCUT2D eigenvalue weighted by atomic mass is 9.95. The molecule has 1 aromatic carbocycles. The summed E-state index contributed by atoms with van der Waals surface area (Å²) < 4.78 is 28.5. The van der Waals surface area contributed by atoms with Crippen molar-refractivity contribution in [1.29, 1.82) is 0 Å². The van der Waals surface area contributed by atoms with Gasteiger partial charge in [0.1, 0.15) is 5.75 Å². The second-order valence-electron chi connectivity index (χ2n) is 5.08. The lowest BCUT2D eigenvalue weighted by molar-refractivity contribution is 0.251. The van der Waals surface area contributed by atoms with Gasteiger partial charge in [0, 0.05) is 6.26 Å². The number of hydrogen-bond donors (Lipinski definition) is 1. The molecule has 1 N–H and O–H groups in total. The minimum Gasteiger partial charge on any atom is -0.494 e. The summed E-state index contributed by atoms with van der Waals surface area (Å²) in [6, 6.07) is 6.71. The van der Waals surface area contributed by atoms with Crippen LogP contribution >= 0.6 is 0 Å². The topological polar surface area (TPSA) is 55.4 Å². The summed E-state index contributed by atoms with van der Waals surface area (Å²) in [5.41, 5.74) is 0. The zero-order valence-electron chi connectivity index (χ0n) is 11.3. The number of piperidine rings is 1. The lowest BCUT2D eigenvalue weighted by Crippen LogP contribution is -2.28. The van der Waals surface area contributed by atoms with Gasteiger partial charge in [-0.15, -0.1) is 0 Å². The van der Waals surface area contributed by atoms with Gasteiger partial charge in [0.25, 0.3) is 0 Å². The molecule has 1 saturated heterocycles. The largest absolute Gasteiger partial charge is 0.494 e. The van der Waals surface area contributed by atoms with E-state index in [1.54, 1.807) is 24.3 Å². The highest BCUT2D eigenvalue weighted by Gasteiger charge is 2.13. The van der Waals surface area contributed by atoms with E-state index < -0.39 is 9.84 Å². The van der Waals surface area contributed by atoms with Crippen LogP contribution in [0, 0.1) is 5.92 Å². The summed E-state index contributed by atoms with van der Waals surface area (Å²) in [6.45, 7) is 2.83. The maximum atomic E-state index is 11.4. The minimum absolute atomic E-state index is 0.312. The fourth-order valence-corrected chi connectivity index (χ4v) is 2.96. The van der Waals surface area contributed by atoms with Crippen molar-refractivity contribution in [3.8, 4) is 5.75 Å². The SMILES string of the molecule is CS(=O)(=O)c1cccc(OCCC2CCNCC2)c1. The Morgan fingerprint density at radius 3 is 2.74 bits per heavy atom. The van der Waals surface area contributed by atoms with Crippen LogP contribution < -0.4 is 10.1 Å². The standard InChI is InChI=1S/C14H21NO3S/c1-19(16,17)14-4-2-3-13(11-14)18-10-7-12-5-8-15-9-6-12/h2-4,11-12,15H,5-10H2,1H3. The number of hydrogen-bond acceptors (Lipinski definition) is 4. The fraction of sp³-hybridized carbons (Fsp3) is 0.571. The predicted molar refractivity (Wildman–Crippen MR) is 75.3 cm³/mol. The first-order valence-corrected chi connectivity index (χ1v) is 8.58. The monoisotopic (exact) mass is 283 g/mol. The van der Waals surface area contributed by atoms with E-state index in [1.807, 2.05) is 0 Å². The van der Waals surface area contributed by atoms with Gasteiger partial charge in [-0.3, -0.25) is 0 Å². The third-order valence-electron chi connectivity index (χ3n) is 3.49. The van der Waals surface area contributed by atoms with Gasteiger partial charge in [0.05, 0.1) is 11.5 Å². The summed E-state index contributed by atoms with van der Waals surface area (Å²) in [7, 11) is -3.16. The van der Waals surface area contributed by atoms with Gasteiger partial charge >= 0.3 is 0 Å². The van der Waals surface area contributed by atoms with E-state index in [2.05, 4.69) is 5.32 Å². The predicted octanol–water partition coefficient (Wildman–Crippen LogP) is 1.86.